The summed E-state index contributed by atoms with van der Waals surface area (Å²) in [5, 5.41) is 0.572. The van der Waals surface area contributed by atoms with E-state index in [1.54, 1.807) is 7.11 Å². The number of rotatable bonds is 5. The van der Waals surface area contributed by atoms with E-state index in [0.29, 0.717) is 28.3 Å². The zero-order chi connectivity index (χ0) is 13.0. The summed E-state index contributed by atoms with van der Waals surface area (Å²) >= 11 is 12.0. The molecule has 0 N–H and O–H groups in total. The summed E-state index contributed by atoms with van der Waals surface area (Å²) in [6, 6.07) is 3.71. The van der Waals surface area contributed by atoms with Gasteiger partial charge in [-0.1, -0.05) is 24.4 Å². The smallest absolute Gasteiger partial charge is 0.179 e. The van der Waals surface area contributed by atoms with Crippen molar-refractivity contribution < 1.29 is 9.47 Å². The van der Waals surface area contributed by atoms with Crippen LogP contribution in [0.15, 0.2) is 12.1 Å². The first-order valence-corrected chi connectivity index (χ1v) is 7.21. The van der Waals surface area contributed by atoms with Gasteiger partial charge in [0.25, 0.3) is 0 Å². The first-order valence-electron chi connectivity index (χ1n) is 6.29. The SMILES string of the molecule is COc1cc(CCl)cc(Cl)c1OCC1CCCC1. The molecule has 0 aliphatic heterocycles. The maximum atomic E-state index is 6.21. The Morgan fingerprint density at radius 1 is 1.28 bits per heavy atom. The van der Waals surface area contributed by atoms with Gasteiger partial charge in [0, 0.05) is 5.88 Å². The van der Waals surface area contributed by atoms with Gasteiger partial charge < -0.3 is 9.47 Å². The summed E-state index contributed by atoms with van der Waals surface area (Å²) in [5.41, 5.74) is 0.937. The average molecular weight is 289 g/mol. The Bertz CT molecular complexity index is 401. The van der Waals surface area contributed by atoms with Crippen LogP contribution in [0, 0.1) is 5.92 Å². The van der Waals surface area contributed by atoms with Gasteiger partial charge in [-0.3, -0.25) is 0 Å². The normalized spacial score (nSPS) is 15.9. The fraction of sp³-hybridized carbons (Fsp3) is 0.571. The van der Waals surface area contributed by atoms with Crippen LogP contribution in [0.1, 0.15) is 31.2 Å². The molecule has 4 heteroatoms. The Kier molecular flexibility index (Phi) is 5.02. The molecule has 18 heavy (non-hydrogen) atoms. The minimum atomic E-state index is 0.416. The number of alkyl halides is 1. The van der Waals surface area contributed by atoms with Crippen LogP contribution < -0.4 is 9.47 Å². The van der Waals surface area contributed by atoms with Gasteiger partial charge >= 0.3 is 0 Å². The Morgan fingerprint density at radius 2 is 2.00 bits per heavy atom. The van der Waals surface area contributed by atoms with Crippen molar-refractivity contribution >= 4 is 23.2 Å². The van der Waals surface area contributed by atoms with Crippen molar-refractivity contribution in [2.24, 2.45) is 5.92 Å². The van der Waals surface area contributed by atoms with Gasteiger partial charge in [0.1, 0.15) is 0 Å². The Hall–Kier alpha value is -0.600. The van der Waals surface area contributed by atoms with Crippen molar-refractivity contribution in [3.63, 3.8) is 0 Å². The van der Waals surface area contributed by atoms with E-state index < -0.39 is 0 Å². The van der Waals surface area contributed by atoms with Crippen molar-refractivity contribution in [2.45, 2.75) is 31.6 Å². The van der Waals surface area contributed by atoms with Gasteiger partial charge in [0.2, 0.25) is 0 Å². The van der Waals surface area contributed by atoms with Crippen molar-refractivity contribution in [1.82, 2.24) is 0 Å². The lowest BCUT2D eigenvalue weighted by atomic mass is 10.1. The van der Waals surface area contributed by atoms with Crippen LogP contribution in [0.2, 0.25) is 5.02 Å². The van der Waals surface area contributed by atoms with Gasteiger partial charge in [-0.2, -0.15) is 0 Å². The van der Waals surface area contributed by atoms with E-state index in [1.165, 1.54) is 25.7 Å². The molecule has 0 spiro atoms. The van der Waals surface area contributed by atoms with E-state index in [0.717, 1.165) is 12.2 Å². The van der Waals surface area contributed by atoms with Crippen LogP contribution >= 0.6 is 23.2 Å². The summed E-state index contributed by atoms with van der Waals surface area (Å²) in [7, 11) is 1.62. The molecule has 0 amide bonds. The second-order valence-corrected chi connectivity index (χ2v) is 5.38. The summed E-state index contributed by atoms with van der Waals surface area (Å²) in [5.74, 6) is 2.37. The van der Waals surface area contributed by atoms with Crippen LogP contribution in [0.3, 0.4) is 0 Å². The molecule has 0 heterocycles. The second-order valence-electron chi connectivity index (χ2n) is 4.70. The topological polar surface area (TPSA) is 18.5 Å². The van der Waals surface area contributed by atoms with Crippen molar-refractivity contribution in [2.75, 3.05) is 13.7 Å². The third kappa shape index (κ3) is 3.24. The highest BCUT2D eigenvalue weighted by Gasteiger charge is 2.18. The zero-order valence-corrected chi connectivity index (χ0v) is 12.1. The average Bonchev–Trinajstić information content (AvgIpc) is 2.89. The molecule has 0 aromatic heterocycles. The lowest BCUT2D eigenvalue weighted by molar-refractivity contribution is 0.241. The zero-order valence-electron chi connectivity index (χ0n) is 10.5. The molecule has 1 aromatic rings. The number of methoxy groups -OCH3 is 1. The van der Waals surface area contributed by atoms with E-state index in [-0.39, 0.29) is 0 Å². The number of hydrogen-bond acceptors (Lipinski definition) is 2. The minimum absolute atomic E-state index is 0.416. The summed E-state index contributed by atoms with van der Waals surface area (Å²) in [4.78, 5) is 0. The predicted molar refractivity (Wildman–Crippen MR) is 75.0 cm³/mol. The number of ether oxygens (including phenoxy) is 2. The van der Waals surface area contributed by atoms with Crippen molar-refractivity contribution in [3.05, 3.63) is 22.7 Å². The number of halogens is 2. The fourth-order valence-electron chi connectivity index (χ4n) is 2.37. The molecule has 1 saturated carbocycles. The monoisotopic (exact) mass is 288 g/mol. The number of benzene rings is 1. The summed E-state index contributed by atoms with van der Waals surface area (Å²) in [6.45, 7) is 0.719. The maximum Gasteiger partial charge on any atom is 0.179 e. The van der Waals surface area contributed by atoms with Gasteiger partial charge in [-0.25, -0.2) is 0 Å². The van der Waals surface area contributed by atoms with Gasteiger partial charge in [0.15, 0.2) is 11.5 Å². The van der Waals surface area contributed by atoms with E-state index in [1.807, 2.05) is 12.1 Å². The third-order valence-corrected chi connectivity index (χ3v) is 3.97. The highest BCUT2D eigenvalue weighted by atomic mass is 35.5. The van der Waals surface area contributed by atoms with Crippen molar-refractivity contribution in [1.29, 1.82) is 0 Å². The molecule has 2 nitrogen and oxygen atoms in total. The van der Waals surface area contributed by atoms with Gasteiger partial charge in [-0.05, 0) is 36.5 Å². The predicted octanol–water partition coefficient (Wildman–Crippen LogP) is 4.66. The molecule has 1 aromatic carbocycles. The van der Waals surface area contributed by atoms with Crippen LogP contribution in [0.4, 0.5) is 0 Å². The number of hydrogen-bond donors (Lipinski definition) is 0. The largest absolute Gasteiger partial charge is 0.493 e. The fourth-order valence-corrected chi connectivity index (χ4v) is 2.81. The van der Waals surface area contributed by atoms with Crippen molar-refractivity contribution in [3.8, 4) is 11.5 Å². The lowest BCUT2D eigenvalue weighted by Gasteiger charge is -2.16. The van der Waals surface area contributed by atoms with Crippen LogP contribution in [-0.4, -0.2) is 13.7 Å². The molecular weight excluding hydrogens is 271 g/mol. The highest BCUT2D eigenvalue weighted by Crippen LogP contribution is 2.38. The first kappa shape index (κ1) is 13.8. The minimum Gasteiger partial charge on any atom is -0.493 e. The molecule has 0 saturated heterocycles. The molecule has 0 unspecified atom stereocenters. The maximum absolute atomic E-state index is 6.21. The quantitative estimate of drug-likeness (QED) is 0.734. The molecule has 0 radical (unpaired) electrons. The molecule has 0 bridgehead atoms. The first-order chi connectivity index (χ1) is 8.74. The Balaban J connectivity index is 2.10. The molecular formula is C14H18Cl2O2. The van der Waals surface area contributed by atoms with E-state index in [9.17, 15) is 0 Å². The molecule has 1 fully saturated rings. The van der Waals surface area contributed by atoms with Gasteiger partial charge in [0.05, 0.1) is 18.7 Å². The van der Waals surface area contributed by atoms with E-state index in [4.69, 9.17) is 32.7 Å². The van der Waals surface area contributed by atoms with Gasteiger partial charge in [-0.15, -0.1) is 11.6 Å². The second kappa shape index (κ2) is 6.53. The lowest BCUT2D eigenvalue weighted by Crippen LogP contribution is -2.09. The highest BCUT2D eigenvalue weighted by molar-refractivity contribution is 6.32. The molecule has 1 aliphatic rings. The van der Waals surface area contributed by atoms with E-state index >= 15 is 0 Å². The molecule has 100 valence electrons. The van der Waals surface area contributed by atoms with Crippen LogP contribution in [0.5, 0.6) is 11.5 Å². The Labute approximate surface area is 118 Å². The molecule has 1 aliphatic carbocycles. The van der Waals surface area contributed by atoms with Crippen LogP contribution in [0.25, 0.3) is 0 Å². The third-order valence-electron chi connectivity index (χ3n) is 3.38. The molecule has 0 atom stereocenters. The van der Waals surface area contributed by atoms with E-state index in [2.05, 4.69) is 0 Å². The Morgan fingerprint density at radius 3 is 2.61 bits per heavy atom. The molecule has 2 rings (SSSR count). The standard InChI is InChI=1S/C14H18Cl2O2/c1-17-13-7-11(8-15)6-12(16)14(13)18-9-10-4-2-3-5-10/h6-7,10H,2-5,8-9H2,1H3. The van der Waals surface area contributed by atoms with Crippen LogP contribution in [-0.2, 0) is 5.88 Å². The summed E-state index contributed by atoms with van der Waals surface area (Å²) in [6.07, 6.45) is 5.12. The summed E-state index contributed by atoms with van der Waals surface area (Å²) < 4.78 is 11.2.